The first-order valence-corrected chi connectivity index (χ1v) is 8.59. The van der Waals surface area contributed by atoms with E-state index in [2.05, 4.69) is 34.5 Å². The van der Waals surface area contributed by atoms with E-state index in [0.717, 1.165) is 30.7 Å². The van der Waals surface area contributed by atoms with Crippen molar-refractivity contribution in [3.8, 4) is 5.75 Å². The highest BCUT2D eigenvalue weighted by molar-refractivity contribution is 5.37. The maximum atomic E-state index is 6.11. The minimum absolute atomic E-state index is 0.359. The van der Waals surface area contributed by atoms with Crippen LogP contribution in [0.5, 0.6) is 5.75 Å². The van der Waals surface area contributed by atoms with Gasteiger partial charge in [-0.2, -0.15) is 0 Å². The van der Waals surface area contributed by atoms with Crippen molar-refractivity contribution < 1.29 is 4.74 Å². The number of benzene rings is 1. The van der Waals surface area contributed by atoms with E-state index in [1.54, 1.807) is 0 Å². The molecule has 1 N–H and O–H groups in total. The lowest BCUT2D eigenvalue weighted by molar-refractivity contribution is 0.100. The van der Waals surface area contributed by atoms with Crippen molar-refractivity contribution in [3.05, 3.63) is 29.8 Å². The van der Waals surface area contributed by atoms with Gasteiger partial charge in [0.25, 0.3) is 0 Å². The summed E-state index contributed by atoms with van der Waals surface area (Å²) in [6.07, 6.45) is 6.94. The third-order valence-corrected chi connectivity index (χ3v) is 5.39. The van der Waals surface area contributed by atoms with Gasteiger partial charge in [0, 0.05) is 25.6 Å². The Kier molecular flexibility index (Phi) is 3.87. The summed E-state index contributed by atoms with van der Waals surface area (Å²) in [6.45, 7) is 4.83. The van der Waals surface area contributed by atoms with Gasteiger partial charge in [-0.25, -0.2) is 0 Å². The van der Waals surface area contributed by atoms with Crippen molar-refractivity contribution in [2.24, 2.45) is 5.92 Å². The van der Waals surface area contributed by atoms with E-state index in [4.69, 9.17) is 4.74 Å². The quantitative estimate of drug-likeness (QED) is 0.924. The van der Waals surface area contributed by atoms with Gasteiger partial charge in [0.1, 0.15) is 11.9 Å². The number of hydrogen-bond donors (Lipinski definition) is 1. The van der Waals surface area contributed by atoms with Gasteiger partial charge in [0.15, 0.2) is 0 Å². The van der Waals surface area contributed by atoms with Crippen LogP contribution in [0.1, 0.15) is 31.2 Å². The minimum Gasteiger partial charge on any atom is -0.488 e. The largest absolute Gasteiger partial charge is 0.488 e. The highest BCUT2D eigenvalue weighted by atomic mass is 16.5. The number of nitrogens with one attached hydrogen (secondary N) is 1. The maximum absolute atomic E-state index is 6.11. The molecule has 1 aromatic carbocycles. The summed E-state index contributed by atoms with van der Waals surface area (Å²) in [4.78, 5) is 2.64. The normalized spacial score (nSPS) is 32.9. The zero-order valence-corrected chi connectivity index (χ0v) is 12.8. The van der Waals surface area contributed by atoms with Gasteiger partial charge in [-0.1, -0.05) is 18.2 Å². The predicted octanol–water partition coefficient (Wildman–Crippen LogP) is 2.45. The van der Waals surface area contributed by atoms with Crippen molar-refractivity contribution in [3.63, 3.8) is 0 Å². The highest BCUT2D eigenvalue weighted by Gasteiger charge is 2.31. The van der Waals surface area contributed by atoms with Crippen molar-refractivity contribution >= 4 is 0 Å². The number of nitrogens with zero attached hydrogens (tertiary/aromatic N) is 1. The monoisotopic (exact) mass is 286 g/mol. The Labute approximate surface area is 127 Å². The molecule has 3 aliphatic heterocycles. The summed E-state index contributed by atoms with van der Waals surface area (Å²) in [7, 11) is 0. The molecule has 0 saturated carbocycles. The summed E-state index contributed by atoms with van der Waals surface area (Å²) in [5, 5.41) is 3.70. The van der Waals surface area contributed by atoms with E-state index in [1.165, 1.54) is 50.9 Å². The summed E-state index contributed by atoms with van der Waals surface area (Å²) in [5.41, 5.74) is 1.38. The van der Waals surface area contributed by atoms with Gasteiger partial charge >= 0.3 is 0 Å². The van der Waals surface area contributed by atoms with Gasteiger partial charge in [-0.05, 0) is 56.3 Å². The lowest BCUT2D eigenvalue weighted by Gasteiger charge is -2.36. The SMILES string of the molecule is c1ccc2c(c1)CC(CN1CCCC(C3CCCN3)C1)O2. The van der Waals surface area contributed by atoms with Crippen LogP contribution in [0.25, 0.3) is 0 Å². The van der Waals surface area contributed by atoms with Crippen LogP contribution in [-0.2, 0) is 6.42 Å². The fourth-order valence-electron chi connectivity index (χ4n) is 4.34. The average Bonchev–Trinajstić information content (AvgIpc) is 3.16. The van der Waals surface area contributed by atoms with E-state index < -0.39 is 0 Å². The molecule has 0 aromatic heterocycles. The fraction of sp³-hybridized carbons (Fsp3) is 0.667. The van der Waals surface area contributed by atoms with Crippen LogP contribution in [-0.4, -0.2) is 43.2 Å². The third kappa shape index (κ3) is 2.95. The van der Waals surface area contributed by atoms with Crippen LogP contribution < -0.4 is 10.1 Å². The Hall–Kier alpha value is -1.06. The van der Waals surface area contributed by atoms with Crippen LogP contribution in [0.2, 0.25) is 0 Å². The number of hydrogen-bond acceptors (Lipinski definition) is 3. The molecule has 114 valence electrons. The Morgan fingerprint density at radius 1 is 1.19 bits per heavy atom. The van der Waals surface area contributed by atoms with E-state index in [1.807, 2.05) is 0 Å². The van der Waals surface area contributed by atoms with Crippen molar-refractivity contribution in [1.29, 1.82) is 0 Å². The van der Waals surface area contributed by atoms with Gasteiger partial charge in [-0.15, -0.1) is 0 Å². The molecule has 3 unspecified atom stereocenters. The summed E-state index contributed by atoms with van der Waals surface area (Å²) in [6, 6.07) is 9.28. The molecule has 3 nitrogen and oxygen atoms in total. The average molecular weight is 286 g/mol. The molecule has 0 radical (unpaired) electrons. The number of piperidine rings is 1. The molecular formula is C18H26N2O. The van der Waals surface area contributed by atoms with Crippen molar-refractivity contribution in [1.82, 2.24) is 10.2 Å². The van der Waals surface area contributed by atoms with Crippen LogP contribution in [0.3, 0.4) is 0 Å². The molecule has 3 heteroatoms. The number of fused-ring (bicyclic) bond motifs is 1. The van der Waals surface area contributed by atoms with E-state index in [9.17, 15) is 0 Å². The number of para-hydroxylation sites is 1. The fourth-order valence-corrected chi connectivity index (χ4v) is 4.34. The third-order valence-electron chi connectivity index (χ3n) is 5.39. The molecule has 0 bridgehead atoms. The Morgan fingerprint density at radius 3 is 3.00 bits per heavy atom. The maximum Gasteiger partial charge on any atom is 0.123 e. The van der Waals surface area contributed by atoms with Crippen LogP contribution in [0.4, 0.5) is 0 Å². The zero-order chi connectivity index (χ0) is 14.1. The summed E-state index contributed by atoms with van der Waals surface area (Å²) in [5.74, 6) is 1.96. The van der Waals surface area contributed by atoms with E-state index in [-0.39, 0.29) is 0 Å². The molecule has 2 saturated heterocycles. The Bertz CT molecular complexity index is 459. The molecule has 3 heterocycles. The number of likely N-dealkylation sites (tertiary alicyclic amines) is 1. The topological polar surface area (TPSA) is 24.5 Å². The Balaban J connectivity index is 1.33. The molecule has 3 atom stereocenters. The molecule has 1 aromatic rings. The molecule has 0 amide bonds. The second-order valence-corrected chi connectivity index (χ2v) is 6.92. The first-order chi connectivity index (χ1) is 10.4. The summed E-state index contributed by atoms with van der Waals surface area (Å²) < 4.78 is 6.11. The van der Waals surface area contributed by atoms with Crippen LogP contribution >= 0.6 is 0 Å². The molecule has 4 rings (SSSR count). The van der Waals surface area contributed by atoms with Gasteiger partial charge < -0.3 is 10.1 Å². The first kappa shape index (κ1) is 13.6. The first-order valence-electron chi connectivity index (χ1n) is 8.59. The van der Waals surface area contributed by atoms with Gasteiger partial charge in [-0.3, -0.25) is 4.90 Å². The minimum atomic E-state index is 0.359. The van der Waals surface area contributed by atoms with Crippen LogP contribution in [0.15, 0.2) is 24.3 Å². The number of ether oxygens (including phenoxy) is 1. The molecule has 21 heavy (non-hydrogen) atoms. The molecule has 3 aliphatic rings. The standard InChI is InChI=1S/C18H26N2O/c1-2-8-18-14(5-1)11-16(21-18)13-20-10-4-6-15(12-20)17-7-3-9-19-17/h1-2,5,8,15-17,19H,3-4,6-7,9-13H2. The molecule has 0 aliphatic carbocycles. The molecule has 0 spiro atoms. The van der Waals surface area contributed by atoms with Gasteiger partial charge in [0.05, 0.1) is 0 Å². The van der Waals surface area contributed by atoms with E-state index in [0.29, 0.717) is 6.10 Å². The predicted molar refractivity (Wildman–Crippen MR) is 84.8 cm³/mol. The second-order valence-electron chi connectivity index (χ2n) is 6.92. The highest BCUT2D eigenvalue weighted by Crippen LogP contribution is 2.30. The zero-order valence-electron chi connectivity index (χ0n) is 12.8. The number of rotatable bonds is 3. The van der Waals surface area contributed by atoms with Crippen LogP contribution in [0, 0.1) is 5.92 Å². The smallest absolute Gasteiger partial charge is 0.123 e. The second kappa shape index (κ2) is 5.98. The molecular weight excluding hydrogens is 260 g/mol. The van der Waals surface area contributed by atoms with Crippen molar-refractivity contribution in [2.75, 3.05) is 26.2 Å². The van der Waals surface area contributed by atoms with Gasteiger partial charge in [0.2, 0.25) is 0 Å². The lowest BCUT2D eigenvalue weighted by atomic mass is 9.89. The van der Waals surface area contributed by atoms with Crippen molar-refractivity contribution in [2.45, 2.75) is 44.2 Å². The summed E-state index contributed by atoms with van der Waals surface area (Å²) >= 11 is 0. The lowest BCUT2D eigenvalue weighted by Crippen LogP contribution is -2.46. The van der Waals surface area contributed by atoms with E-state index >= 15 is 0 Å². The Morgan fingerprint density at radius 2 is 2.14 bits per heavy atom. The molecule has 2 fully saturated rings.